The Morgan fingerprint density at radius 3 is 2.76 bits per heavy atom. The molecule has 0 saturated heterocycles. The topological polar surface area (TPSA) is 71.8 Å². The van der Waals surface area contributed by atoms with Crippen LogP contribution >= 0.6 is 11.8 Å². The van der Waals surface area contributed by atoms with E-state index in [9.17, 15) is 9.59 Å². The number of hydrogen-bond donors (Lipinski definition) is 1. The number of anilines is 2. The monoisotopic (exact) mass is 408 g/mol. The molecule has 7 heteroatoms. The zero-order chi connectivity index (χ0) is 20.2. The average molecular weight is 408 g/mol. The van der Waals surface area contributed by atoms with Crippen LogP contribution in [-0.2, 0) is 9.59 Å². The van der Waals surface area contributed by atoms with Crippen molar-refractivity contribution in [2.45, 2.75) is 16.6 Å². The first kappa shape index (κ1) is 19.1. The third-order valence-electron chi connectivity index (χ3n) is 4.63. The van der Waals surface area contributed by atoms with Crippen LogP contribution in [0.25, 0.3) is 0 Å². The number of benzene rings is 2. The van der Waals surface area contributed by atoms with E-state index >= 15 is 0 Å². The molecular weight excluding hydrogens is 388 g/mol. The first-order valence-electron chi connectivity index (χ1n) is 9.18. The van der Waals surface area contributed by atoms with Crippen molar-refractivity contribution in [2.24, 2.45) is 0 Å². The fourth-order valence-electron chi connectivity index (χ4n) is 3.27. The molecule has 0 aliphatic carbocycles. The van der Waals surface area contributed by atoms with Gasteiger partial charge >= 0.3 is 0 Å². The second kappa shape index (κ2) is 8.45. The molecule has 1 atom stereocenters. The van der Waals surface area contributed by atoms with E-state index in [4.69, 9.17) is 9.15 Å². The Morgan fingerprint density at radius 1 is 1.17 bits per heavy atom. The van der Waals surface area contributed by atoms with Gasteiger partial charge in [-0.2, -0.15) is 0 Å². The minimum absolute atomic E-state index is 0.0840. The summed E-state index contributed by atoms with van der Waals surface area (Å²) < 4.78 is 10.8. The fourth-order valence-corrected chi connectivity index (χ4v) is 4.50. The number of fused-ring (bicyclic) bond motifs is 1. The molecule has 148 valence electrons. The van der Waals surface area contributed by atoms with Crippen LogP contribution in [0.5, 0.6) is 5.75 Å². The molecule has 1 unspecified atom stereocenters. The summed E-state index contributed by atoms with van der Waals surface area (Å²) in [4.78, 5) is 28.3. The van der Waals surface area contributed by atoms with Crippen molar-refractivity contribution in [1.29, 1.82) is 0 Å². The number of carbonyl (C=O) groups excluding carboxylic acids is 2. The van der Waals surface area contributed by atoms with Gasteiger partial charge in [-0.15, -0.1) is 11.8 Å². The molecule has 2 heterocycles. The highest BCUT2D eigenvalue weighted by molar-refractivity contribution is 7.99. The highest BCUT2D eigenvalue weighted by atomic mass is 32.2. The molecule has 0 bridgehead atoms. The highest BCUT2D eigenvalue weighted by Crippen LogP contribution is 2.45. The van der Waals surface area contributed by atoms with Crippen LogP contribution in [0.15, 0.2) is 76.2 Å². The molecule has 2 amide bonds. The van der Waals surface area contributed by atoms with Gasteiger partial charge in [0.25, 0.3) is 0 Å². The molecule has 4 rings (SSSR count). The molecule has 1 aromatic heterocycles. The van der Waals surface area contributed by atoms with E-state index in [0.29, 0.717) is 11.4 Å². The number of para-hydroxylation sites is 3. The molecule has 1 aliphatic rings. The number of furan rings is 1. The quantitative estimate of drug-likeness (QED) is 0.673. The van der Waals surface area contributed by atoms with Gasteiger partial charge in [0.1, 0.15) is 18.1 Å². The second-order valence-electron chi connectivity index (χ2n) is 6.52. The van der Waals surface area contributed by atoms with Gasteiger partial charge in [0.05, 0.1) is 30.0 Å². The van der Waals surface area contributed by atoms with E-state index < -0.39 is 0 Å². The van der Waals surface area contributed by atoms with Gasteiger partial charge in [-0.1, -0.05) is 24.3 Å². The fraction of sp³-hybridized carbons (Fsp3) is 0.182. The second-order valence-corrected chi connectivity index (χ2v) is 7.77. The molecule has 0 radical (unpaired) electrons. The van der Waals surface area contributed by atoms with Gasteiger partial charge in [-0.05, 0) is 36.4 Å². The summed E-state index contributed by atoms with van der Waals surface area (Å²) in [5.74, 6) is 0.897. The summed E-state index contributed by atoms with van der Waals surface area (Å²) in [6, 6.07) is 18.5. The largest absolute Gasteiger partial charge is 0.495 e. The maximum Gasteiger partial charge on any atom is 0.244 e. The van der Waals surface area contributed by atoms with E-state index in [1.54, 1.807) is 37.3 Å². The van der Waals surface area contributed by atoms with Gasteiger partial charge in [-0.25, -0.2) is 0 Å². The number of rotatable bonds is 5. The van der Waals surface area contributed by atoms with Crippen molar-refractivity contribution in [3.8, 4) is 5.75 Å². The zero-order valence-corrected chi connectivity index (χ0v) is 16.6. The summed E-state index contributed by atoms with van der Waals surface area (Å²) >= 11 is 1.57. The van der Waals surface area contributed by atoms with Crippen molar-refractivity contribution in [3.05, 3.63) is 72.7 Å². The maximum absolute atomic E-state index is 13.1. The SMILES string of the molecule is COc1ccccc1NC(=O)CN1C(=O)CC(c2ccco2)Sc2ccccc21. The molecular formula is C22H20N2O4S. The lowest BCUT2D eigenvalue weighted by Gasteiger charge is -2.22. The Labute approximate surface area is 172 Å². The van der Waals surface area contributed by atoms with Crippen LogP contribution in [0.2, 0.25) is 0 Å². The van der Waals surface area contributed by atoms with Crippen LogP contribution in [0, 0.1) is 0 Å². The number of carbonyl (C=O) groups is 2. The minimum Gasteiger partial charge on any atom is -0.495 e. The summed E-state index contributed by atoms with van der Waals surface area (Å²) in [6.45, 7) is -0.0840. The zero-order valence-electron chi connectivity index (χ0n) is 15.8. The van der Waals surface area contributed by atoms with Crippen LogP contribution in [0.4, 0.5) is 11.4 Å². The van der Waals surface area contributed by atoms with Gasteiger partial charge < -0.3 is 19.4 Å². The van der Waals surface area contributed by atoms with E-state index in [1.807, 2.05) is 48.5 Å². The smallest absolute Gasteiger partial charge is 0.244 e. The average Bonchev–Trinajstić information content (AvgIpc) is 3.23. The predicted octanol–water partition coefficient (Wildman–Crippen LogP) is 4.50. The van der Waals surface area contributed by atoms with Gasteiger partial charge in [0, 0.05) is 11.3 Å². The number of nitrogens with zero attached hydrogens (tertiary/aromatic N) is 1. The van der Waals surface area contributed by atoms with E-state index in [0.717, 1.165) is 16.3 Å². The molecule has 1 N–H and O–H groups in total. The lowest BCUT2D eigenvalue weighted by atomic mass is 10.2. The van der Waals surface area contributed by atoms with E-state index in [2.05, 4.69) is 5.32 Å². The van der Waals surface area contributed by atoms with E-state index in [1.165, 1.54) is 4.90 Å². The van der Waals surface area contributed by atoms with Gasteiger partial charge in [-0.3, -0.25) is 9.59 Å². The molecule has 0 saturated carbocycles. The van der Waals surface area contributed by atoms with Crippen LogP contribution in [0.3, 0.4) is 0 Å². The first-order valence-corrected chi connectivity index (χ1v) is 10.1. The molecule has 0 spiro atoms. The molecule has 3 aromatic rings. The number of hydrogen-bond acceptors (Lipinski definition) is 5. The molecule has 6 nitrogen and oxygen atoms in total. The number of thioether (sulfide) groups is 1. The summed E-state index contributed by atoms with van der Waals surface area (Å²) in [5, 5.41) is 2.70. The summed E-state index contributed by atoms with van der Waals surface area (Å²) in [5.41, 5.74) is 1.30. The van der Waals surface area contributed by atoms with Crippen molar-refractivity contribution < 1.29 is 18.7 Å². The number of amides is 2. The molecule has 29 heavy (non-hydrogen) atoms. The number of nitrogens with one attached hydrogen (secondary N) is 1. The summed E-state index contributed by atoms with van der Waals surface area (Å²) in [7, 11) is 1.55. The molecule has 0 fully saturated rings. The Morgan fingerprint density at radius 2 is 1.97 bits per heavy atom. The lowest BCUT2D eigenvalue weighted by molar-refractivity contribution is -0.121. The lowest BCUT2D eigenvalue weighted by Crippen LogP contribution is -2.38. The van der Waals surface area contributed by atoms with Crippen LogP contribution < -0.4 is 15.0 Å². The van der Waals surface area contributed by atoms with Crippen LogP contribution in [0.1, 0.15) is 17.4 Å². The van der Waals surface area contributed by atoms with Gasteiger partial charge in [0.2, 0.25) is 11.8 Å². The Bertz CT molecular complexity index is 1020. The third kappa shape index (κ3) is 4.14. The predicted molar refractivity (Wildman–Crippen MR) is 112 cm³/mol. The van der Waals surface area contributed by atoms with E-state index in [-0.39, 0.29) is 30.0 Å². The number of methoxy groups -OCH3 is 1. The third-order valence-corrected chi connectivity index (χ3v) is 5.91. The standard InChI is InChI=1S/C22H20N2O4S/c1-27-17-9-4-2-7-15(17)23-21(25)14-24-16-8-3-5-11-19(16)29-20(13-22(24)26)18-10-6-12-28-18/h2-12,20H,13-14H2,1H3,(H,23,25). The Hall–Kier alpha value is -3.19. The Balaban J connectivity index is 1.58. The Kier molecular flexibility index (Phi) is 5.57. The summed E-state index contributed by atoms with van der Waals surface area (Å²) in [6.07, 6.45) is 1.85. The number of ether oxygens (including phenoxy) is 1. The van der Waals surface area contributed by atoms with Crippen molar-refractivity contribution in [3.63, 3.8) is 0 Å². The first-order chi connectivity index (χ1) is 14.2. The maximum atomic E-state index is 13.1. The van der Waals surface area contributed by atoms with Crippen molar-refractivity contribution in [2.75, 3.05) is 23.9 Å². The van der Waals surface area contributed by atoms with Gasteiger partial charge in [0.15, 0.2) is 0 Å². The molecule has 1 aliphatic heterocycles. The minimum atomic E-state index is -0.292. The van der Waals surface area contributed by atoms with Crippen LogP contribution in [-0.4, -0.2) is 25.5 Å². The highest BCUT2D eigenvalue weighted by Gasteiger charge is 2.31. The molecule has 2 aromatic carbocycles. The van der Waals surface area contributed by atoms with Crippen molar-refractivity contribution in [1.82, 2.24) is 0 Å². The normalized spacial score (nSPS) is 16.1. The van der Waals surface area contributed by atoms with Crippen molar-refractivity contribution >= 4 is 35.0 Å².